The number of nitrogens with zero attached hydrogens (tertiary/aromatic N) is 4. The van der Waals surface area contributed by atoms with E-state index in [1.54, 1.807) is 6.20 Å². The molecule has 3 aromatic rings. The zero-order valence-electron chi connectivity index (χ0n) is 10.5. The van der Waals surface area contributed by atoms with E-state index in [-0.39, 0.29) is 5.92 Å². The molecule has 0 fully saturated rings. The molecule has 2 heterocycles. The summed E-state index contributed by atoms with van der Waals surface area (Å²) in [5.41, 5.74) is 1.83. The molecule has 0 aliphatic heterocycles. The zero-order chi connectivity index (χ0) is 13.2. The van der Waals surface area contributed by atoms with Gasteiger partial charge in [0.05, 0.1) is 0 Å². The molecule has 0 N–H and O–H groups in total. The summed E-state index contributed by atoms with van der Waals surface area (Å²) in [5.74, 6) is 1.10. The molecule has 0 bridgehead atoms. The Hall–Kier alpha value is -1.94. The van der Waals surface area contributed by atoms with Crippen LogP contribution in [0.25, 0.3) is 5.65 Å². The lowest BCUT2D eigenvalue weighted by atomic mass is 9.96. The average molecular weight is 273 g/mol. The molecule has 0 saturated heterocycles. The standard InChI is InChI=1S/C14H13ClN4/c1-2-11(10-6-4-3-5-7-10)13-17-18-14-12(15)16-8-9-19(13)14/h3-9,11H,2H2,1H3. The van der Waals surface area contributed by atoms with Crippen LogP contribution in [0.15, 0.2) is 42.7 Å². The van der Waals surface area contributed by atoms with Crippen LogP contribution in [0.5, 0.6) is 0 Å². The lowest BCUT2D eigenvalue weighted by Crippen LogP contribution is -2.05. The molecule has 0 radical (unpaired) electrons. The van der Waals surface area contributed by atoms with Gasteiger partial charge in [0.15, 0.2) is 10.8 Å². The van der Waals surface area contributed by atoms with Crippen molar-refractivity contribution in [3.8, 4) is 0 Å². The maximum absolute atomic E-state index is 6.03. The second-order valence-electron chi connectivity index (χ2n) is 4.34. The van der Waals surface area contributed by atoms with E-state index in [1.165, 1.54) is 5.56 Å². The monoisotopic (exact) mass is 272 g/mol. The highest BCUT2D eigenvalue weighted by Gasteiger charge is 2.19. The van der Waals surface area contributed by atoms with Crippen molar-refractivity contribution >= 4 is 17.2 Å². The van der Waals surface area contributed by atoms with Gasteiger partial charge in [0, 0.05) is 18.3 Å². The van der Waals surface area contributed by atoms with E-state index < -0.39 is 0 Å². The molecule has 0 spiro atoms. The van der Waals surface area contributed by atoms with Gasteiger partial charge in [-0.15, -0.1) is 10.2 Å². The molecule has 3 rings (SSSR count). The van der Waals surface area contributed by atoms with E-state index in [0.717, 1.165) is 12.2 Å². The van der Waals surface area contributed by atoms with E-state index in [4.69, 9.17) is 11.6 Å². The van der Waals surface area contributed by atoms with E-state index in [9.17, 15) is 0 Å². The summed E-state index contributed by atoms with van der Waals surface area (Å²) in [7, 11) is 0. The molecule has 0 saturated carbocycles. The van der Waals surface area contributed by atoms with Crippen LogP contribution >= 0.6 is 11.6 Å². The number of halogens is 1. The fraction of sp³-hybridized carbons (Fsp3) is 0.214. The van der Waals surface area contributed by atoms with Crippen molar-refractivity contribution in [1.29, 1.82) is 0 Å². The average Bonchev–Trinajstić information content (AvgIpc) is 2.87. The number of fused-ring (bicyclic) bond motifs is 1. The Morgan fingerprint density at radius 1 is 1.21 bits per heavy atom. The van der Waals surface area contributed by atoms with Crippen molar-refractivity contribution in [3.63, 3.8) is 0 Å². The molecule has 19 heavy (non-hydrogen) atoms. The van der Waals surface area contributed by atoms with E-state index in [1.807, 2.05) is 28.8 Å². The topological polar surface area (TPSA) is 43.1 Å². The van der Waals surface area contributed by atoms with Crippen LogP contribution in [0, 0.1) is 0 Å². The molecule has 5 heteroatoms. The van der Waals surface area contributed by atoms with Crippen LogP contribution in [0.2, 0.25) is 5.15 Å². The molecule has 1 atom stereocenters. The van der Waals surface area contributed by atoms with Crippen molar-refractivity contribution in [1.82, 2.24) is 19.6 Å². The summed E-state index contributed by atoms with van der Waals surface area (Å²) in [6.07, 6.45) is 4.47. The third-order valence-corrected chi connectivity index (χ3v) is 3.50. The smallest absolute Gasteiger partial charge is 0.198 e. The summed E-state index contributed by atoms with van der Waals surface area (Å²) < 4.78 is 1.91. The zero-order valence-corrected chi connectivity index (χ0v) is 11.2. The SMILES string of the molecule is CCC(c1ccccc1)c1nnc2c(Cl)nccn12. The van der Waals surface area contributed by atoms with Gasteiger partial charge >= 0.3 is 0 Å². The lowest BCUT2D eigenvalue weighted by Gasteiger charge is -2.13. The van der Waals surface area contributed by atoms with Gasteiger partial charge in [-0.1, -0.05) is 48.9 Å². The molecular weight excluding hydrogens is 260 g/mol. The highest BCUT2D eigenvalue weighted by Crippen LogP contribution is 2.27. The van der Waals surface area contributed by atoms with Crippen LogP contribution < -0.4 is 0 Å². The Labute approximate surface area is 116 Å². The predicted molar refractivity (Wildman–Crippen MR) is 74.4 cm³/mol. The van der Waals surface area contributed by atoms with Crippen LogP contribution in [-0.2, 0) is 0 Å². The van der Waals surface area contributed by atoms with Crippen LogP contribution in [-0.4, -0.2) is 19.6 Å². The van der Waals surface area contributed by atoms with Gasteiger partial charge in [-0.3, -0.25) is 4.40 Å². The minimum Gasteiger partial charge on any atom is -0.282 e. The van der Waals surface area contributed by atoms with Crippen molar-refractivity contribution in [2.24, 2.45) is 0 Å². The molecular formula is C14H13ClN4. The number of hydrogen-bond acceptors (Lipinski definition) is 3. The van der Waals surface area contributed by atoms with Crippen molar-refractivity contribution in [2.45, 2.75) is 19.3 Å². The van der Waals surface area contributed by atoms with Gasteiger partial charge in [0.2, 0.25) is 0 Å². The minimum atomic E-state index is 0.203. The van der Waals surface area contributed by atoms with Crippen LogP contribution in [0.3, 0.4) is 0 Å². The van der Waals surface area contributed by atoms with E-state index >= 15 is 0 Å². The fourth-order valence-corrected chi connectivity index (χ4v) is 2.49. The second-order valence-corrected chi connectivity index (χ2v) is 4.70. The Morgan fingerprint density at radius 3 is 2.74 bits per heavy atom. The highest BCUT2D eigenvalue weighted by molar-refractivity contribution is 6.32. The van der Waals surface area contributed by atoms with Gasteiger partial charge in [-0.05, 0) is 12.0 Å². The molecule has 4 nitrogen and oxygen atoms in total. The summed E-state index contributed by atoms with van der Waals surface area (Å²) in [4.78, 5) is 4.02. The number of aromatic nitrogens is 4. The summed E-state index contributed by atoms with van der Waals surface area (Å²) in [6, 6.07) is 10.3. The molecule has 1 aromatic carbocycles. The maximum atomic E-state index is 6.03. The summed E-state index contributed by atoms with van der Waals surface area (Å²) in [5, 5.41) is 8.80. The maximum Gasteiger partial charge on any atom is 0.198 e. The molecule has 0 aliphatic carbocycles. The Balaban J connectivity index is 2.15. The van der Waals surface area contributed by atoms with Gasteiger partial charge in [0.25, 0.3) is 0 Å². The van der Waals surface area contributed by atoms with Gasteiger partial charge in [-0.25, -0.2) is 4.98 Å². The van der Waals surface area contributed by atoms with Gasteiger partial charge in [0.1, 0.15) is 5.82 Å². The predicted octanol–water partition coefficient (Wildman–Crippen LogP) is 3.32. The van der Waals surface area contributed by atoms with Crippen molar-refractivity contribution in [3.05, 3.63) is 59.3 Å². The third-order valence-electron chi connectivity index (χ3n) is 3.23. The lowest BCUT2D eigenvalue weighted by molar-refractivity contribution is 0.705. The first-order chi connectivity index (χ1) is 9.31. The largest absolute Gasteiger partial charge is 0.282 e. The van der Waals surface area contributed by atoms with E-state index in [0.29, 0.717) is 10.8 Å². The van der Waals surface area contributed by atoms with Gasteiger partial charge in [-0.2, -0.15) is 0 Å². The summed E-state index contributed by atoms with van der Waals surface area (Å²) in [6.45, 7) is 2.14. The number of benzene rings is 1. The first kappa shape index (κ1) is 12.1. The normalized spacial score (nSPS) is 12.7. The fourth-order valence-electron chi connectivity index (χ4n) is 2.30. The molecule has 1 unspecified atom stereocenters. The van der Waals surface area contributed by atoms with Gasteiger partial charge < -0.3 is 0 Å². The minimum absolute atomic E-state index is 0.203. The first-order valence-corrected chi connectivity index (χ1v) is 6.59. The molecule has 0 amide bonds. The number of rotatable bonds is 3. The van der Waals surface area contributed by atoms with E-state index in [2.05, 4.69) is 34.2 Å². The quantitative estimate of drug-likeness (QED) is 0.735. The Bertz CT molecular complexity index is 693. The highest BCUT2D eigenvalue weighted by atomic mass is 35.5. The third kappa shape index (κ3) is 2.08. The Kier molecular flexibility index (Phi) is 3.17. The Morgan fingerprint density at radius 2 is 2.00 bits per heavy atom. The first-order valence-electron chi connectivity index (χ1n) is 6.21. The van der Waals surface area contributed by atoms with Crippen LogP contribution in [0.4, 0.5) is 0 Å². The second kappa shape index (κ2) is 4.97. The van der Waals surface area contributed by atoms with Crippen LogP contribution in [0.1, 0.15) is 30.7 Å². The van der Waals surface area contributed by atoms with Crippen molar-refractivity contribution in [2.75, 3.05) is 0 Å². The number of hydrogen-bond donors (Lipinski definition) is 0. The summed E-state index contributed by atoms with van der Waals surface area (Å²) >= 11 is 6.03. The van der Waals surface area contributed by atoms with Crippen molar-refractivity contribution < 1.29 is 0 Å². The molecule has 0 aliphatic rings. The molecule has 2 aromatic heterocycles. The molecule has 96 valence electrons.